The van der Waals surface area contributed by atoms with Gasteiger partial charge in [0.2, 0.25) is 0 Å². The summed E-state index contributed by atoms with van der Waals surface area (Å²) < 4.78 is 49.5. The van der Waals surface area contributed by atoms with Gasteiger partial charge in [-0.3, -0.25) is 0 Å². The standard InChI is InChI=1S/C18H14F3N3O3/c1-2-26-18(25)17-16(22-24-23-17)11-5-3-10(4-6-11)9-27-12-7-13(19)15(21)14(20)8-12/h3-8H,2,9H2,1H3,(H,22,23,24). The Morgan fingerprint density at radius 2 is 1.74 bits per heavy atom. The van der Waals surface area contributed by atoms with Crippen LogP contribution in [0.15, 0.2) is 36.4 Å². The first kappa shape index (κ1) is 18.4. The van der Waals surface area contributed by atoms with Crippen LogP contribution >= 0.6 is 0 Å². The highest BCUT2D eigenvalue weighted by atomic mass is 19.2. The number of nitrogens with one attached hydrogen (secondary N) is 1. The molecule has 1 aromatic heterocycles. The maximum absolute atomic E-state index is 13.2. The third kappa shape index (κ3) is 4.08. The molecule has 0 saturated carbocycles. The fourth-order valence-electron chi connectivity index (χ4n) is 2.32. The number of hydrogen-bond donors (Lipinski definition) is 1. The largest absolute Gasteiger partial charge is 0.489 e. The Bertz CT molecular complexity index is 935. The van der Waals surface area contributed by atoms with E-state index in [1.165, 1.54) is 0 Å². The van der Waals surface area contributed by atoms with Crippen molar-refractivity contribution < 1.29 is 27.4 Å². The highest BCUT2D eigenvalue weighted by Crippen LogP contribution is 2.23. The van der Waals surface area contributed by atoms with Gasteiger partial charge in [-0.05, 0) is 12.5 Å². The average Bonchev–Trinajstić information content (AvgIpc) is 3.15. The highest BCUT2D eigenvalue weighted by Gasteiger charge is 2.19. The number of aromatic amines is 1. The van der Waals surface area contributed by atoms with Crippen molar-refractivity contribution >= 4 is 5.97 Å². The highest BCUT2D eigenvalue weighted by molar-refractivity contribution is 5.93. The van der Waals surface area contributed by atoms with Crippen LogP contribution in [0.2, 0.25) is 0 Å². The van der Waals surface area contributed by atoms with Gasteiger partial charge in [0.1, 0.15) is 18.1 Å². The summed E-state index contributed by atoms with van der Waals surface area (Å²) in [6.07, 6.45) is 0. The van der Waals surface area contributed by atoms with E-state index < -0.39 is 23.4 Å². The first-order chi connectivity index (χ1) is 13.0. The first-order valence-electron chi connectivity index (χ1n) is 7.94. The molecule has 0 radical (unpaired) electrons. The van der Waals surface area contributed by atoms with Crippen LogP contribution < -0.4 is 4.74 Å². The number of ether oxygens (including phenoxy) is 2. The first-order valence-corrected chi connectivity index (χ1v) is 7.94. The lowest BCUT2D eigenvalue weighted by Crippen LogP contribution is -2.06. The summed E-state index contributed by atoms with van der Waals surface area (Å²) >= 11 is 0. The predicted octanol–water partition coefficient (Wildman–Crippen LogP) is 3.64. The molecule has 0 aliphatic heterocycles. The van der Waals surface area contributed by atoms with Gasteiger partial charge in [0, 0.05) is 17.7 Å². The Hall–Kier alpha value is -3.36. The van der Waals surface area contributed by atoms with E-state index in [4.69, 9.17) is 9.47 Å². The van der Waals surface area contributed by atoms with Crippen molar-refractivity contribution in [3.63, 3.8) is 0 Å². The van der Waals surface area contributed by atoms with E-state index in [-0.39, 0.29) is 24.7 Å². The normalized spacial score (nSPS) is 10.7. The fourth-order valence-corrected chi connectivity index (χ4v) is 2.32. The number of rotatable bonds is 6. The van der Waals surface area contributed by atoms with Gasteiger partial charge in [0.15, 0.2) is 23.1 Å². The van der Waals surface area contributed by atoms with Gasteiger partial charge in [-0.25, -0.2) is 18.0 Å². The minimum atomic E-state index is -1.54. The molecule has 6 nitrogen and oxygen atoms in total. The second-order valence-electron chi connectivity index (χ2n) is 5.43. The molecule has 27 heavy (non-hydrogen) atoms. The summed E-state index contributed by atoms with van der Waals surface area (Å²) in [4.78, 5) is 11.9. The van der Waals surface area contributed by atoms with Crippen LogP contribution in [0.4, 0.5) is 13.2 Å². The van der Waals surface area contributed by atoms with Gasteiger partial charge in [-0.1, -0.05) is 24.3 Å². The molecule has 0 spiro atoms. The number of halogens is 3. The van der Waals surface area contributed by atoms with Gasteiger partial charge in [-0.15, -0.1) is 5.10 Å². The Balaban J connectivity index is 1.71. The molecule has 0 aliphatic carbocycles. The van der Waals surface area contributed by atoms with E-state index in [9.17, 15) is 18.0 Å². The van der Waals surface area contributed by atoms with Crippen molar-refractivity contribution in [2.24, 2.45) is 0 Å². The van der Waals surface area contributed by atoms with E-state index in [2.05, 4.69) is 15.4 Å². The summed E-state index contributed by atoms with van der Waals surface area (Å²) in [6.45, 7) is 1.91. The molecule has 0 atom stereocenters. The Morgan fingerprint density at radius 1 is 1.07 bits per heavy atom. The lowest BCUT2D eigenvalue weighted by atomic mass is 10.1. The number of carbonyl (C=O) groups excluding carboxylic acids is 1. The molecule has 3 aromatic rings. The fraction of sp³-hybridized carbons (Fsp3) is 0.167. The van der Waals surface area contributed by atoms with Gasteiger partial charge in [-0.2, -0.15) is 10.3 Å². The molecule has 0 fully saturated rings. The topological polar surface area (TPSA) is 77.1 Å². The second-order valence-corrected chi connectivity index (χ2v) is 5.43. The third-order valence-corrected chi connectivity index (χ3v) is 3.61. The number of H-pyrrole nitrogens is 1. The number of esters is 1. The van der Waals surface area contributed by atoms with Crippen LogP contribution in [-0.2, 0) is 11.3 Å². The number of benzene rings is 2. The summed E-state index contributed by atoms with van der Waals surface area (Å²) in [6, 6.07) is 8.29. The summed E-state index contributed by atoms with van der Waals surface area (Å²) in [5, 5.41) is 10.1. The molecular formula is C18H14F3N3O3. The monoisotopic (exact) mass is 377 g/mol. The number of aromatic nitrogens is 3. The molecule has 0 bridgehead atoms. The molecule has 9 heteroatoms. The van der Waals surface area contributed by atoms with Crippen LogP contribution in [0.5, 0.6) is 5.75 Å². The van der Waals surface area contributed by atoms with Crippen LogP contribution in [0.3, 0.4) is 0 Å². The van der Waals surface area contributed by atoms with Gasteiger partial charge in [0.25, 0.3) is 0 Å². The van der Waals surface area contributed by atoms with Gasteiger partial charge in [0.05, 0.1) is 6.61 Å². The van der Waals surface area contributed by atoms with Crippen LogP contribution in [-0.4, -0.2) is 28.0 Å². The second kappa shape index (κ2) is 7.90. The lowest BCUT2D eigenvalue weighted by molar-refractivity contribution is 0.0520. The van der Waals surface area contributed by atoms with Crippen molar-refractivity contribution in [2.75, 3.05) is 6.61 Å². The van der Waals surface area contributed by atoms with Crippen LogP contribution in [0, 0.1) is 17.5 Å². The number of nitrogens with zero attached hydrogens (tertiary/aromatic N) is 2. The summed E-state index contributed by atoms with van der Waals surface area (Å²) in [5.74, 6) is -4.90. The predicted molar refractivity (Wildman–Crippen MR) is 88.4 cm³/mol. The zero-order valence-electron chi connectivity index (χ0n) is 14.1. The van der Waals surface area contributed by atoms with Crippen molar-refractivity contribution in [2.45, 2.75) is 13.5 Å². The van der Waals surface area contributed by atoms with E-state index in [1.807, 2.05) is 0 Å². The quantitative estimate of drug-likeness (QED) is 0.524. The summed E-state index contributed by atoms with van der Waals surface area (Å²) in [5.41, 5.74) is 1.71. The molecule has 2 aromatic carbocycles. The van der Waals surface area contributed by atoms with E-state index in [1.54, 1.807) is 31.2 Å². The molecular weight excluding hydrogens is 363 g/mol. The van der Waals surface area contributed by atoms with Crippen LogP contribution in [0.25, 0.3) is 11.3 Å². The molecule has 1 heterocycles. The minimum absolute atomic E-state index is 0.00828. The van der Waals surface area contributed by atoms with E-state index in [0.717, 1.165) is 12.1 Å². The third-order valence-electron chi connectivity index (χ3n) is 3.61. The Labute approximate surface area is 151 Å². The Kier molecular flexibility index (Phi) is 5.39. The molecule has 3 rings (SSSR count). The molecule has 0 saturated heterocycles. The maximum atomic E-state index is 13.2. The number of hydrogen-bond acceptors (Lipinski definition) is 5. The van der Waals surface area contributed by atoms with Crippen molar-refractivity contribution in [3.8, 4) is 17.0 Å². The van der Waals surface area contributed by atoms with E-state index in [0.29, 0.717) is 16.8 Å². The maximum Gasteiger partial charge on any atom is 0.361 e. The van der Waals surface area contributed by atoms with Crippen molar-refractivity contribution in [1.82, 2.24) is 15.4 Å². The van der Waals surface area contributed by atoms with Gasteiger partial charge >= 0.3 is 5.97 Å². The Morgan fingerprint density at radius 3 is 2.37 bits per heavy atom. The smallest absolute Gasteiger partial charge is 0.361 e. The molecule has 0 amide bonds. The lowest BCUT2D eigenvalue weighted by Gasteiger charge is -2.08. The minimum Gasteiger partial charge on any atom is -0.489 e. The van der Waals surface area contributed by atoms with Crippen LogP contribution in [0.1, 0.15) is 23.0 Å². The molecule has 1 N–H and O–H groups in total. The van der Waals surface area contributed by atoms with Gasteiger partial charge < -0.3 is 9.47 Å². The zero-order chi connectivity index (χ0) is 19.4. The SMILES string of the molecule is CCOC(=O)c1n[nH]nc1-c1ccc(COc2cc(F)c(F)c(F)c2)cc1. The zero-order valence-corrected chi connectivity index (χ0v) is 14.1. The van der Waals surface area contributed by atoms with E-state index >= 15 is 0 Å². The number of carbonyl (C=O) groups is 1. The summed E-state index contributed by atoms with van der Waals surface area (Å²) in [7, 11) is 0. The molecule has 140 valence electrons. The average molecular weight is 377 g/mol. The van der Waals surface area contributed by atoms with Crippen molar-refractivity contribution in [3.05, 3.63) is 65.1 Å². The molecule has 0 aliphatic rings. The van der Waals surface area contributed by atoms with Crippen molar-refractivity contribution in [1.29, 1.82) is 0 Å². The molecule has 0 unspecified atom stereocenters.